The molecule has 0 fully saturated rings. The number of hydrogen-bond acceptors (Lipinski definition) is 3. The maximum Gasteiger partial charge on any atom is 0.220 e. The number of amides is 1. The maximum atomic E-state index is 13.5. The fraction of sp³-hybridized carbons (Fsp3) is 0.278. The normalized spacial score (nSPS) is 11.8. The Morgan fingerprint density at radius 1 is 1.21 bits per heavy atom. The van der Waals surface area contributed by atoms with E-state index >= 15 is 0 Å². The van der Waals surface area contributed by atoms with Crippen LogP contribution in [0, 0.1) is 11.6 Å². The van der Waals surface area contributed by atoms with Gasteiger partial charge in [0.1, 0.15) is 23.5 Å². The first-order chi connectivity index (χ1) is 11.5. The second kappa shape index (κ2) is 8.40. The standard InChI is InChI=1S/C18H19F2NO3/c1-24-13-5-2-4-12(10-13)8-9-17(23)21-11-16(22)18-14(19)6-3-7-15(18)20/h2-7,10,16,22H,8-9,11H2,1H3,(H,21,23). The molecule has 1 amide bonds. The lowest BCUT2D eigenvalue weighted by atomic mass is 10.1. The van der Waals surface area contributed by atoms with Gasteiger partial charge in [0.15, 0.2) is 0 Å². The van der Waals surface area contributed by atoms with Crippen LogP contribution >= 0.6 is 0 Å². The number of nitrogens with one attached hydrogen (secondary N) is 1. The van der Waals surface area contributed by atoms with Crippen LogP contribution in [0.1, 0.15) is 23.7 Å². The van der Waals surface area contributed by atoms with Gasteiger partial charge in [0.05, 0.1) is 12.7 Å². The Morgan fingerprint density at radius 2 is 1.88 bits per heavy atom. The number of hydrogen-bond donors (Lipinski definition) is 2. The zero-order valence-corrected chi connectivity index (χ0v) is 13.3. The molecule has 1 unspecified atom stereocenters. The Kier molecular flexibility index (Phi) is 6.26. The average Bonchev–Trinajstić information content (AvgIpc) is 2.58. The topological polar surface area (TPSA) is 58.6 Å². The van der Waals surface area contributed by atoms with Crippen LogP contribution < -0.4 is 10.1 Å². The van der Waals surface area contributed by atoms with Crippen molar-refractivity contribution in [2.75, 3.05) is 13.7 Å². The van der Waals surface area contributed by atoms with Gasteiger partial charge in [0, 0.05) is 13.0 Å². The molecule has 1 atom stereocenters. The van der Waals surface area contributed by atoms with E-state index in [2.05, 4.69) is 5.32 Å². The number of halogens is 2. The van der Waals surface area contributed by atoms with Crippen LogP contribution in [0.3, 0.4) is 0 Å². The van der Waals surface area contributed by atoms with Crippen LogP contribution in [-0.2, 0) is 11.2 Å². The molecule has 0 radical (unpaired) electrons. The van der Waals surface area contributed by atoms with Crippen LogP contribution in [-0.4, -0.2) is 24.7 Å². The van der Waals surface area contributed by atoms with Crippen molar-refractivity contribution in [2.45, 2.75) is 18.9 Å². The van der Waals surface area contributed by atoms with Gasteiger partial charge < -0.3 is 15.2 Å². The summed E-state index contributed by atoms with van der Waals surface area (Å²) in [6, 6.07) is 10.7. The molecule has 2 aromatic carbocycles. The molecule has 128 valence electrons. The van der Waals surface area contributed by atoms with E-state index < -0.39 is 23.3 Å². The van der Waals surface area contributed by atoms with Gasteiger partial charge in [-0.2, -0.15) is 0 Å². The van der Waals surface area contributed by atoms with E-state index in [1.807, 2.05) is 24.3 Å². The van der Waals surface area contributed by atoms with Gasteiger partial charge in [0.25, 0.3) is 0 Å². The first-order valence-corrected chi connectivity index (χ1v) is 7.53. The first-order valence-electron chi connectivity index (χ1n) is 7.53. The number of aliphatic hydroxyl groups excluding tert-OH is 1. The molecule has 0 saturated heterocycles. The van der Waals surface area contributed by atoms with E-state index in [1.54, 1.807) is 7.11 Å². The summed E-state index contributed by atoms with van der Waals surface area (Å²) in [6.45, 7) is -0.255. The predicted octanol–water partition coefficient (Wildman–Crippen LogP) is 2.76. The zero-order valence-electron chi connectivity index (χ0n) is 13.3. The lowest BCUT2D eigenvalue weighted by molar-refractivity contribution is -0.121. The molecule has 24 heavy (non-hydrogen) atoms. The quantitative estimate of drug-likeness (QED) is 0.818. The number of ether oxygens (including phenoxy) is 1. The zero-order chi connectivity index (χ0) is 17.5. The Labute approximate surface area is 139 Å². The van der Waals surface area contributed by atoms with E-state index in [-0.39, 0.29) is 18.9 Å². The fourth-order valence-corrected chi connectivity index (χ4v) is 2.32. The minimum Gasteiger partial charge on any atom is -0.497 e. The molecule has 0 aliphatic carbocycles. The maximum absolute atomic E-state index is 13.5. The number of rotatable bonds is 7. The van der Waals surface area contributed by atoms with E-state index in [1.165, 1.54) is 6.07 Å². The minimum atomic E-state index is -1.44. The summed E-state index contributed by atoms with van der Waals surface area (Å²) in [4.78, 5) is 11.8. The van der Waals surface area contributed by atoms with Gasteiger partial charge in [-0.15, -0.1) is 0 Å². The molecule has 2 rings (SSSR count). The third-order valence-electron chi connectivity index (χ3n) is 3.60. The van der Waals surface area contributed by atoms with Crippen LogP contribution in [0.5, 0.6) is 5.75 Å². The third kappa shape index (κ3) is 4.76. The average molecular weight is 335 g/mol. The van der Waals surface area contributed by atoms with E-state index in [4.69, 9.17) is 4.74 Å². The van der Waals surface area contributed by atoms with Crippen molar-refractivity contribution >= 4 is 5.91 Å². The highest BCUT2D eigenvalue weighted by atomic mass is 19.1. The molecule has 4 nitrogen and oxygen atoms in total. The summed E-state index contributed by atoms with van der Waals surface area (Å²) in [5.41, 5.74) is 0.496. The van der Waals surface area contributed by atoms with Gasteiger partial charge in [-0.25, -0.2) is 8.78 Å². The summed E-state index contributed by atoms with van der Waals surface area (Å²) in [6.07, 6.45) is -0.751. The van der Waals surface area contributed by atoms with Crippen molar-refractivity contribution in [1.29, 1.82) is 0 Å². The van der Waals surface area contributed by atoms with E-state index in [0.29, 0.717) is 12.2 Å². The second-order valence-corrected chi connectivity index (χ2v) is 5.31. The second-order valence-electron chi connectivity index (χ2n) is 5.31. The summed E-state index contributed by atoms with van der Waals surface area (Å²) in [7, 11) is 1.56. The highest BCUT2D eigenvalue weighted by Crippen LogP contribution is 2.20. The molecule has 2 N–H and O–H groups in total. The highest BCUT2D eigenvalue weighted by Gasteiger charge is 2.18. The van der Waals surface area contributed by atoms with E-state index in [0.717, 1.165) is 17.7 Å². The smallest absolute Gasteiger partial charge is 0.220 e. The summed E-state index contributed by atoms with van der Waals surface area (Å²) >= 11 is 0. The molecule has 0 bridgehead atoms. The Morgan fingerprint density at radius 3 is 2.54 bits per heavy atom. The molecular formula is C18H19F2NO3. The highest BCUT2D eigenvalue weighted by molar-refractivity contribution is 5.76. The number of benzene rings is 2. The molecule has 6 heteroatoms. The summed E-state index contributed by atoms with van der Waals surface area (Å²) in [5, 5.41) is 12.4. The van der Waals surface area contributed by atoms with Crippen LogP contribution in [0.25, 0.3) is 0 Å². The van der Waals surface area contributed by atoms with Gasteiger partial charge >= 0.3 is 0 Å². The van der Waals surface area contributed by atoms with Crippen molar-refractivity contribution < 1.29 is 23.4 Å². The molecular weight excluding hydrogens is 316 g/mol. The third-order valence-corrected chi connectivity index (χ3v) is 3.60. The number of carbonyl (C=O) groups is 1. The molecule has 0 saturated carbocycles. The lowest BCUT2D eigenvalue weighted by Crippen LogP contribution is -2.29. The summed E-state index contributed by atoms with van der Waals surface area (Å²) < 4.78 is 32.2. The summed E-state index contributed by atoms with van der Waals surface area (Å²) in [5.74, 6) is -1.28. The number of aryl methyl sites for hydroxylation is 1. The van der Waals surface area contributed by atoms with Crippen LogP contribution in [0.2, 0.25) is 0 Å². The number of methoxy groups -OCH3 is 1. The van der Waals surface area contributed by atoms with Crippen LogP contribution in [0.4, 0.5) is 8.78 Å². The van der Waals surface area contributed by atoms with Crippen molar-refractivity contribution in [2.24, 2.45) is 0 Å². The van der Waals surface area contributed by atoms with Crippen LogP contribution in [0.15, 0.2) is 42.5 Å². The van der Waals surface area contributed by atoms with Gasteiger partial charge in [-0.05, 0) is 36.2 Å². The molecule has 0 aromatic heterocycles. The Hall–Kier alpha value is -2.47. The fourth-order valence-electron chi connectivity index (χ4n) is 2.32. The first kappa shape index (κ1) is 17.9. The van der Waals surface area contributed by atoms with E-state index in [9.17, 15) is 18.7 Å². The molecule has 0 heterocycles. The molecule has 0 aliphatic rings. The largest absolute Gasteiger partial charge is 0.497 e. The monoisotopic (exact) mass is 335 g/mol. The Bertz CT molecular complexity index is 686. The molecule has 0 aliphatic heterocycles. The van der Waals surface area contributed by atoms with Crippen molar-refractivity contribution in [3.05, 3.63) is 65.2 Å². The number of carbonyl (C=O) groups excluding carboxylic acids is 1. The van der Waals surface area contributed by atoms with Crippen molar-refractivity contribution in [3.63, 3.8) is 0 Å². The van der Waals surface area contributed by atoms with Crippen molar-refractivity contribution in [1.82, 2.24) is 5.32 Å². The molecule has 2 aromatic rings. The minimum absolute atomic E-state index is 0.194. The van der Waals surface area contributed by atoms with Crippen molar-refractivity contribution in [3.8, 4) is 5.75 Å². The Balaban J connectivity index is 1.84. The van der Waals surface area contributed by atoms with Gasteiger partial charge in [-0.1, -0.05) is 18.2 Å². The van der Waals surface area contributed by atoms with Gasteiger partial charge in [0.2, 0.25) is 5.91 Å². The number of aliphatic hydroxyl groups is 1. The molecule has 0 spiro atoms. The lowest BCUT2D eigenvalue weighted by Gasteiger charge is -2.14. The predicted molar refractivity (Wildman–Crippen MR) is 85.6 cm³/mol. The SMILES string of the molecule is COc1cccc(CCC(=O)NCC(O)c2c(F)cccc2F)c1. The van der Waals surface area contributed by atoms with Gasteiger partial charge in [-0.3, -0.25) is 4.79 Å².